The Kier molecular flexibility index (Phi) is 4.01. The molecule has 126 valence electrons. The maximum atomic E-state index is 13.0. The molecule has 0 saturated heterocycles. The molecule has 1 aromatic heterocycles. The first-order valence-corrected chi connectivity index (χ1v) is 8.42. The van der Waals surface area contributed by atoms with Gasteiger partial charge in [0.1, 0.15) is 6.33 Å². The second kappa shape index (κ2) is 6.47. The van der Waals surface area contributed by atoms with Gasteiger partial charge in [0, 0.05) is 12.6 Å². The monoisotopic (exact) mass is 333 g/mol. The van der Waals surface area contributed by atoms with Gasteiger partial charge in [0.25, 0.3) is 5.91 Å². The summed E-state index contributed by atoms with van der Waals surface area (Å²) in [6.45, 7) is 0. The number of benzene rings is 2. The summed E-state index contributed by atoms with van der Waals surface area (Å²) in [4.78, 5) is 14.9. The molecule has 0 aliphatic heterocycles. The zero-order valence-electron chi connectivity index (χ0n) is 14.0. The lowest BCUT2D eigenvalue weighted by Gasteiger charge is -2.33. The van der Waals surface area contributed by atoms with Crippen molar-refractivity contribution < 1.29 is 4.79 Å². The summed E-state index contributed by atoms with van der Waals surface area (Å²) < 4.78 is 1.55. The minimum absolute atomic E-state index is 0.0108. The van der Waals surface area contributed by atoms with E-state index in [0.717, 1.165) is 24.9 Å². The molecular formula is C19H19N5O. The largest absolute Gasteiger partial charge is 0.335 e. The van der Waals surface area contributed by atoms with Gasteiger partial charge in [-0.05, 0) is 59.0 Å². The SMILES string of the molecule is CN(C(=O)c1cccc(-n2cnnn2)c1)[C@@H]1CCCc2ccccc21. The van der Waals surface area contributed by atoms with Crippen molar-refractivity contribution in [3.63, 3.8) is 0 Å². The van der Waals surface area contributed by atoms with Crippen LogP contribution in [0.15, 0.2) is 54.9 Å². The Morgan fingerprint density at radius 3 is 2.92 bits per heavy atom. The quantitative estimate of drug-likeness (QED) is 0.739. The van der Waals surface area contributed by atoms with Gasteiger partial charge in [0.15, 0.2) is 0 Å². The molecule has 0 bridgehead atoms. The topological polar surface area (TPSA) is 63.9 Å². The fraction of sp³-hybridized carbons (Fsp3) is 0.263. The first kappa shape index (κ1) is 15.5. The van der Waals surface area contributed by atoms with Gasteiger partial charge in [0.05, 0.1) is 11.7 Å². The summed E-state index contributed by atoms with van der Waals surface area (Å²) in [6, 6.07) is 15.9. The molecule has 0 fully saturated rings. The van der Waals surface area contributed by atoms with E-state index in [9.17, 15) is 4.79 Å². The minimum Gasteiger partial charge on any atom is -0.335 e. The fourth-order valence-corrected chi connectivity index (χ4v) is 3.54. The minimum atomic E-state index is 0.0108. The summed E-state index contributed by atoms with van der Waals surface area (Å²) in [6.07, 6.45) is 4.70. The highest BCUT2D eigenvalue weighted by Crippen LogP contribution is 2.34. The van der Waals surface area contributed by atoms with Gasteiger partial charge in [-0.1, -0.05) is 30.3 Å². The van der Waals surface area contributed by atoms with E-state index in [0.29, 0.717) is 5.56 Å². The van der Waals surface area contributed by atoms with Gasteiger partial charge in [-0.15, -0.1) is 5.10 Å². The lowest BCUT2D eigenvalue weighted by atomic mass is 9.87. The van der Waals surface area contributed by atoms with Crippen molar-refractivity contribution in [3.8, 4) is 5.69 Å². The van der Waals surface area contributed by atoms with E-state index in [1.54, 1.807) is 4.68 Å². The van der Waals surface area contributed by atoms with E-state index in [-0.39, 0.29) is 11.9 Å². The Balaban J connectivity index is 1.62. The second-order valence-electron chi connectivity index (χ2n) is 6.33. The van der Waals surface area contributed by atoms with Crippen molar-refractivity contribution in [1.29, 1.82) is 0 Å². The normalized spacial score (nSPS) is 16.3. The number of nitrogens with zero attached hydrogens (tertiary/aromatic N) is 5. The Morgan fingerprint density at radius 1 is 1.20 bits per heavy atom. The summed E-state index contributed by atoms with van der Waals surface area (Å²) >= 11 is 0. The van der Waals surface area contributed by atoms with Crippen LogP contribution in [0.3, 0.4) is 0 Å². The van der Waals surface area contributed by atoms with Crippen LogP contribution in [-0.2, 0) is 6.42 Å². The van der Waals surface area contributed by atoms with Crippen LogP contribution in [-0.4, -0.2) is 38.1 Å². The molecule has 0 radical (unpaired) electrons. The first-order chi connectivity index (χ1) is 12.2. The van der Waals surface area contributed by atoms with Crippen molar-refractivity contribution in [2.24, 2.45) is 0 Å². The number of aryl methyl sites for hydroxylation is 1. The van der Waals surface area contributed by atoms with E-state index in [1.807, 2.05) is 42.3 Å². The molecule has 1 aliphatic rings. The van der Waals surface area contributed by atoms with Crippen molar-refractivity contribution in [2.45, 2.75) is 25.3 Å². The Morgan fingerprint density at radius 2 is 2.08 bits per heavy atom. The zero-order chi connectivity index (χ0) is 17.2. The van der Waals surface area contributed by atoms with Crippen molar-refractivity contribution in [3.05, 3.63) is 71.5 Å². The molecule has 1 heterocycles. The Labute approximate surface area is 146 Å². The second-order valence-corrected chi connectivity index (χ2v) is 6.33. The molecule has 3 aromatic rings. The number of hydrogen-bond donors (Lipinski definition) is 0. The molecule has 1 amide bonds. The van der Waals surface area contributed by atoms with Gasteiger partial charge >= 0.3 is 0 Å². The van der Waals surface area contributed by atoms with Gasteiger partial charge < -0.3 is 4.90 Å². The summed E-state index contributed by atoms with van der Waals surface area (Å²) in [5, 5.41) is 11.2. The molecular weight excluding hydrogens is 314 g/mol. The number of amides is 1. The third kappa shape index (κ3) is 2.91. The van der Waals surface area contributed by atoms with E-state index in [1.165, 1.54) is 17.5 Å². The van der Waals surface area contributed by atoms with Gasteiger partial charge in [-0.25, -0.2) is 4.68 Å². The number of aromatic nitrogens is 4. The number of hydrogen-bond acceptors (Lipinski definition) is 4. The van der Waals surface area contributed by atoms with Crippen LogP contribution in [0.25, 0.3) is 5.69 Å². The van der Waals surface area contributed by atoms with Gasteiger partial charge in [-0.2, -0.15) is 0 Å². The average molecular weight is 333 g/mol. The van der Waals surface area contributed by atoms with Crippen molar-refractivity contribution >= 4 is 5.91 Å². The predicted octanol–water partition coefficient (Wildman–Crippen LogP) is 2.81. The molecule has 2 aromatic carbocycles. The first-order valence-electron chi connectivity index (χ1n) is 8.42. The van der Waals surface area contributed by atoms with Crippen LogP contribution >= 0.6 is 0 Å². The van der Waals surface area contributed by atoms with Crippen LogP contribution in [0.5, 0.6) is 0 Å². The standard InChI is InChI=1S/C19H19N5O/c1-23(18-11-5-7-14-6-2-3-10-17(14)18)19(25)15-8-4-9-16(12-15)24-13-20-21-22-24/h2-4,6,8-10,12-13,18H,5,7,11H2,1H3/t18-/m1/s1. The molecule has 0 unspecified atom stereocenters. The number of carbonyl (C=O) groups excluding carboxylic acids is 1. The fourth-order valence-electron chi connectivity index (χ4n) is 3.54. The Hall–Kier alpha value is -3.02. The summed E-state index contributed by atoms with van der Waals surface area (Å²) in [7, 11) is 1.89. The molecule has 6 heteroatoms. The van der Waals surface area contributed by atoms with E-state index >= 15 is 0 Å². The third-order valence-corrected chi connectivity index (χ3v) is 4.83. The summed E-state index contributed by atoms with van der Waals surface area (Å²) in [5.74, 6) is 0.0108. The van der Waals surface area contributed by atoms with Gasteiger partial charge in [0.2, 0.25) is 0 Å². The van der Waals surface area contributed by atoms with E-state index in [4.69, 9.17) is 0 Å². The predicted molar refractivity (Wildman–Crippen MR) is 93.4 cm³/mol. The highest BCUT2D eigenvalue weighted by molar-refractivity contribution is 5.95. The molecule has 6 nitrogen and oxygen atoms in total. The van der Waals surface area contributed by atoms with Crippen LogP contribution in [0, 0.1) is 0 Å². The average Bonchev–Trinajstić information content (AvgIpc) is 3.21. The van der Waals surface area contributed by atoms with E-state index in [2.05, 4.69) is 33.7 Å². The maximum Gasteiger partial charge on any atom is 0.254 e. The molecule has 1 atom stereocenters. The molecule has 0 saturated carbocycles. The smallest absolute Gasteiger partial charge is 0.254 e. The number of tetrazole rings is 1. The van der Waals surface area contributed by atoms with Crippen LogP contribution in [0.4, 0.5) is 0 Å². The molecule has 0 N–H and O–H groups in total. The molecule has 1 aliphatic carbocycles. The van der Waals surface area contributed by atoms with Crippen LogP contribution in [0.1, 0.15) is 40.4 Å². The van der Waals surface area contributed by atoms with Crippen molar-refractivity contribution in [2.75, 3.05) is 7.05 Å². The lowest BCUT2D eigenvalue weighted by molar-refractivity contribution is 0.0715. The third-order valence-electron chi connectivity index (χ3n) is 4.83. The number of fused-ring (bicyclic) bond motifs is 1. The molecule has 25 heavy (non-hydrogen) atoms. The molecule has 4 rings (SSSR count). The number of carbonyl (C=O) groups is 1. The lowest BCUT2D eigenvalue weighted by Crippen LogP contribution is -2.33. The highest BCUT2D eigenvalue weighted by Gasteiger charge is 2.27. The number of rotatable bonds is 3. The van der Waals surface area contributed by atoms with E-state index < -0.39 is 0 Å². The van der Waals surface area contributed by atoms with Crippen LogP contribution < -0.4 is 0 Å². The van der Waals surface area contributed by atoms with Gasteiger partial charge in [-0.3, -0.25) is 4.79 Å². The van der Waals surface area contributed by atoms with Crippen molar-refractivity contribution in [1.82, 2.24) is 25.1 Å². The highest BCUT2D eigenvalue weighted by atomic mass is 16.2. The Bertz CT molecular complexity index is 890. The van der Waals surface area contributed by atoms with Crippen LogP contribution in [0.2, 0.25) is 0 Å². The maximum absolute atomic E-state index is 13.0. The zero-order valence-corrected chi connectivity index (χ0v) is 14.0. The molecule has 0 spiro atoms. The summed E-state index contributed by atoms with van der Waals surface area (Å²) in [5.41, 5.74) is 4.02.